The van der Waals surface area contributed by atoms with Crippen LogP contribution in [0.2, 0.25) is 0 Å². The highest BCUT2D eigenvalue weighted by molar-refractivity contribution is 5.70. The lowest BCUT2D eigenvalue weighted by molar-refractivity contribution is -0.305. The van der Waals surface area contributed by atoms with Crippen LogP contribution in [0.25, 0.3) is 0 Å². The number of aliphatic hydroxyl groups excluding tert-OH is 4. The maximum absolute atomic E-state index is 12.6. The van der Waals surface area contributed by atoms with Gasteiger partial charge in [0.2, 0.25) is 0 Å². The number of carbonyl (C=O) groups is 2. The first-order valence-corrected chi connectivity index (χ1v) is 18.4. The zero-order valence-corrected chi connectivity index (χ0v) is 29.3. The molecule has 0 radical (unpaired) electrons. The van der Waals surface area contributed by atoms with Gasteiger partial charge in [-0.25, -0.2) is 0 Å². The standard InChI is InChI=1S/C37H66O10/c1-3-5-7-9-11-12-13-14-15-16-17-18-19-20-22-24-26-33(40)46-30(28-44-32(39)25-23-21-10-8-6-4-2)29-45-37-36(43)35(42)34(41)31(27-38)47-37/h12-13,15-16,30-31,34-38,41-43H,3-11,14,17-29H2,1-2H3/b13-12-,16-15-. The second-order valence-corrected chi connectivity index (χ2v) is 12.7. The number of carbonyl (C=O) groups excluding carboxylic acids is 2. The van der Waals surface area contributed by atoms with Crippen molar-refractivity contribution in [2.24, 2.45) is 0 Å². The second-order valence-electron chi connectivity index (χ2n) is 12.7. The third-order valence-corrected chi connectivity index (χ3v) is 8.34. The Kier molecular flexibility index (Phi) is 26.8. The molecule has 10 nitrogen and oxygen atoms in total. The molecular formula is C37H66O10. The fourth-order valence-electron chi connectivity index (χ4n) is 5.33. The predicted octanol–water partition coefficient (Wildman–Crippen LogP) is 6.21. The Balaban J connectivity index is 2.39. The summed E-state index contributed by atoms with van der Waals surface area (Å²) in [4.78, 5) is 24.9. The van der Waals surface area contributed by atoms with E-state index in [1.165, 1.54) is 38.5 Å². The van der Waals surface area contributed by atoms with Crippen LogP contribution in [-0.2, 0) is 28.5 Å². The van der Waals surface area contributed by atoms with E-state index in [4.69, 9.17) is 18.9 Å². The molecule has 0 aliphatic carbocycles. The largest absolute Gasteiger partial charge is 0.462 e. The van der Waals surface area contributed by atoms with Gasteiger partial charge < -0.3 is 39.4 Å². The van der Waals surface area contributed by atoms with Gasteiger partial charge in [-0.05, 0) is 44.9 Å². The van der Waals surface area contributed by atoms with Crippen LogP contribution < -0.4 is 0 Å². The highest BCUT2D eigenvalue weighted by Gasteiger charge is 2.44. The minimum Gasteiger partial charge on any atom is -0.462 e. The fraction of sp³-hybridized carbons (Fsp3) is 0.838. The van der Waals surface area contributed by atoms with Crippen molar-refractivity contribution in [3.63, 3.8) is 0 Å². The molecule has 0 aromatic carbocycles. The SMILES string of the molecule is CCCCCC/C=C\C/C=C\CCCCCCCC(=O)OC(COC(=O)CCCCCCCC)COC1OC(CO)C(O)C(O)C1O. The molecule has 6 unspecified atom stereocenters. The van der Waals surface area contributed by atoms with Gasteiger partial charge in [0.1, 0.15) is 31.0 Å². The molecule has 1 rings (SSSR count). The van der Waals surface area contributed by atoms with Gasteiger partial charge in [-0.1, -0.05) is 109 Å². The van der Waals surface area contributed by atoms with Crippen molar-refractivity contribution in [1.29, 1.82) is 0 Å². The summed E-state index contributed by atoms with van der Waals surface area (Å²) in [7, 11) is 0. The lowest BCUT2D eigenvalue weighted by Gasteiger charge is -2.39. The minimum absolute atomic E-state index is 0.215. The van der Waals surface area contributed by atoms with E-state index in [-0.39, 0.29) is 26.1 Å². The van der Waals surface area contributed by atoms with Gasteiger partial charge in [-0.2, -0.15) is 0 Å². The Morgan fingerprint density at radius 2 is 1.19 bits per heavy atom. The normalized spacial score (nSPS) is 22.2. The van der Waals surface area contributed by atoms with Crippen LogP contribution in [0.4, 0.5) is 0 Å². The number of hydrogen-bond acceptors (Lipinski definition) is 10. The summed E-state index contributed by atoms with van der Waals surface area (Å²) in [5.41, 5.74) is 0. The third-order valence-electron chi connectivity index (χ3n) is 8.34. The van der Waals surface area contributed by atoms with Crippen LogP contribution in [0.15, 0.2) is 24.3 Å². The molecule has 1 aliphatic rings. The molecule has 0 spiro atoms. The molecule has 4 N–H and O–H groups in total. The van der Waals surface area contributed by atoms with E-state index in [0.29, 0.717) is 6.42 Å². The van der Waals surface area contributed by atoms with Crippen molar-refractivity contribution in [1.82, 2.24) is 0 Å². The number of hydrogen-bond donors (Lipinski definition) is 4. The molecule has 47 heavy (non-hydrogen) atoms. The maximum atomic E-state index is 12.6. The number of unbranched alkanes of at least 4 members (excludes halogenated alkanes) is 14. The van der Waals surface area contributed by atoms with E-state index in [9.17, 15) is 30.0 Å². The lowest BCUT2D eigenvalue weighted by Crippen LogP contribution is -2.59. The molecule has 1 heterocycles. The summed E-state index contributed by atoms with van der Waals surface area (Å²) >= 11 is 0. The number of allylic oxidation sites excluding steroid dienone is 4. The summed E-state index contributed by atoms with van der Waals surface area (Å²) in [6.45, 7) is 3.29. The minimum atomic E-state index is -1.59. The van der Waals surface area contributed by atoms with Gasteiger partial charge in [-0.15, -0.1) is 0 Å². The molecule has 6 atom stereocenters. The summed E-state index contributed by atoms with van der Waals surface area (Å²) in [6.07, 6.45) is 20.8. The van der Waals surface area contributed by atoms with Crippen LogP contribution >= 0.6 is 0 Å². The summed E-state index contributed by atoms with van der Waals surface area (Å²) in [5, 5.41) is 39.7. The number of ether oxygens (including phenoxy) is 4. The molecule has 1 aliphatic heterocycles. The third kappa shape index (κ3) is 21.7. The molecular weight excluding hydrogens is 604 g/mol. The smallest absolute Gasteiger partial charge is 0.306 e. The topological polar surface area (TPSA) is 152 Å². The molecule has 1 fully saturated rings. The number of esters is 2. The van der Waals surface area contributed by atoms with Crippen LogP contribution in [-0.4, -0.2) is 89.0 Å². The first-order valence-electron chi connectivity index (χ1n) is 18.4. The zero-order chi connectivity index (χ0) is 34.5. The monoisotopic (exact) mass is 670 g/mol. The van der Waals surface area contributed by atoms with Gasteiger partial charge in [-0.3, -0.25) is 9.59 Å². The van der Waals surface area contributed by atoms with Gasteiger partial charge in [0.15, 0.2) is 12.4 Å². The highest BCUT2D eigenvalue weighted by atomic mass is 16.7. The maximum Gasteiger partial charge on any atom is 0.306 e. The van der Waals surface area contributed by atoms with Crippen LogP contribution in [0, 0.1) is 0 Å². The van der Waals surface area contributed by atoms with Gasteiger partial charge in [0.05, 0.1) is 13.2 Å². The summed E-state index contributed by atoms with van der Waals surface area (Å²) in [6, 6.07) is 0. The quantitative estimate of drug-likeness (QED) is 0.0411. The van der Waals surface area contributed by atoms with Crippen molar-refractivity contribution >= 4 is 11.9 Å². The molecule has 0 aromatic heterocycles. The second kappa shape index (κ2) is 29.1. The highest BCUT2D eigenvalue weighted by Crippen LogP contribution is 2.22. The van der Waals surface area contributed by atoms with E-state index < -0.39 is 55.4 Å². The average molecular weight is 671 g/mol. The molecule has 0 amide bonds. The van der Waals surface area contributed by atoms with Crippen molar-refractivity contribution < 1.29 is 49.0 Å². The zero-order valence-electron chi connectivity index (χ0n) is 29.3. The molecule has 0 bridgehead atoms. The molecule has 10 heteroatoms. The van der Waals surface area contributed by atoms with Gasteiger partial charge >= 0.3 is 11.9 Å². The first kappa shape index (κ1) is 43.2. The average Bonchev–Trinajstić information content (AvgIpc) is 3.07. The molecule has 1 saturated heterocycles. The number of aliphatic hydroxyl groups is 4. The van der Waals surface area contributed by atoms with Crippen molar-refractivity contribution in [2.75, 3.05) is 19.8 Å². The molecule has 274 valence electrons. The van der Waals surface area contributed by atoms with E-state index in [1.54, 1.807) is 0 Å². The Hall–Kier alpha value is -1.82. The van der Waals surface area contributed by atoms with E-state index in [1.807, 2.05) is 0 Å². The Bertz CT molecular complexity index is 830. The van der Waals surface area contributed by atoms with Crippen molar-refractivity contribution in [3.05, 3.63) is 24.3 Å². The number of rotatable bonds is 29. The molecule has 0 aromatic rings. The fourth-order valence-corrected chi connectivity index (χ4v) is 5.33. The van der Waals surface area contributed by atoms with Crippen LogP contribution in [0.1, 0.15) is 142 Å². The molecule has 0 saturated carbocycles. The van der Waals surface area contributed by atoms with Crippen LogP contribution in [0.3, 0.4) is 0 Å². The summed E-state index contributed by atoms with van der Waals surface area (Å²) < 4.78 is 21.9. The van der Waals surface area contributed by atoms with E-state index in [2.05, 4.69) is 38.2 Å². The van der Waals surface area contributed by atoms with Crippen LogP contribution in [0.5, 0.6) is 0 Å². The lowest BCUT2D eigenvalue weighted by atomic mass is 9.99. The van der Waals surface area contributed by atoms with E-state index >= 15 is 0 Å². The van der Waals surface area contributed by atoms with Gasteiger partial charge in [0, 0.05) is 12.8 Å². The van der Waals surface area contributed by atoms with Crippen molar-refractivity contribution in [2.45, 2.75) is 179 Å². The summed E-state index contributed by atoms with van der Waals surface area (Å²) in [5.74, 6) is -0.834. The van der Waals surface area contributed by atoms with Crippen molar-refractivity contribution in [3.8, 4) is 0 Å². The van der Waals surface area contributed by atoms with E-state index in [0.717, 1.165) is 70.6 Å². The van der Waals surface area contributed by atoms with Gasteiger partial charge in [0.25, 0.3) is 0 Å². The first-order chi connectivity index (χ1) is 22.8. The Morgan fingerprint density at radius 3 is 1.79 bits per heavy atom. The Morgan fingerprint density at radius 1 is 0.660 bits per heavy atom. The predicted molar refractivity (Wildman–Crippen MR) is 183 cm³/mol. The Labute approximate surface area is 283 Å².